The van der Waals surface area contributed by atoms with E-state index in [1.807, 2.05) is 40.1 Å². The second kappa shape index (κ2) is 8.01. The third-order valence-electron chi connectivity index (χ3n) is 7.27. The van der Waals surface area contributed by atoms with Crippen LogP contribution in [-0.2, 0) is 14.3 Å². The third-order valence-corrected chi connectivity index (χ3v) is 7.27. The Balaban J connectivity index is 1.81. The van der Waals surface area contributed by atoms with Crippen molar-refractivity contribution in [1.82, 2.24) is 0 Å². The van der Waals surface area contributed by atoms with Crippen LogP contribution in [0.25, 0.3) is 10.8 Å². The standard InChI is InChI=1S/C29H30N2O3/c1-29(2)16-22(32)25-23(18-10-13-19(14-11-18)31(3)4)24-20-9-7-6-8-17(20)12-15-21(24)30-27(25)26(29)28(33)34-5/h6-15,23,26,30H,16H2,1-5H3/t23-,26+/m0/s1. The lowest BCUT2D eigenvalue weighted by Crippen LogP contribution is -2.44. The monoisotopic (exact) mass is 454 g/mol. The fourth-order valence-corrected chi connectivity index (χ4v) is 5.62. The molecule has 0 saturated heterocycles. The van der Waals surface area contributed by atoms with E-state index in [0.29, 0.717) is 17.7 Å². The summed E-state index contributed by atoms with van der Waals surface area (Å²) >= 11 is 0. The molecule has 5 heteroatoms. The molecule has 0 bridgehead atoms. The first-order chi connectivity index (χ1) is 16.2. The van der Waals surface area contributed by atoms with E-state index in [9.17, 15) is 9.59 Å². The Kier molecular flexibility index (Phi) is 5.23. The number of Topliss-reactive ketones (excluding diaryl/α,β-unsaturated/α-hetero) is 1. The van der Waals surface area contributed by atoms with Gasteiger partial charge in [0.1, 0.15) is 5.92 Å². The average Bonchev–Trinajstić information content (AvgIpc) is 2.81. The minimum Gasteiger partial charge on any atom is -0.468 e. The molecule has 174 valence electrons. The lowest BCUT2D eigenvalue weighted by molar-refractivity contribution is -0.148. The molecule has 0 radical (unpaired) electrons. The van der Waals surface area contributed by atoms with Crippen LogP contribution in [0.1, 0.15) is 37.3 Å². The van der Waals surface area contributed by atoms with Gasteiger partial charge in [-0.1, -0.05) is 56.3 Å². The lowest BCUT2D eigenvalue weighted by atomic mass is 9.63. The number of hydrogen-bond acceptors (Lipinski definition) is 5. The number of nitrogens with zero attached hydrogens (tertiary/aromatic N) is 1. The molecular weight excluding hydrogens is 424 g/mol. The van der Waals surface area contributed by atoms with E-state index >= 15 is 0 Å². The van der Waals surface area contributed by atoms with Crippen molar-refractivity contribution in [1.29, 1.82) is 0 Å². The van der Waals surface area contributed by atoms with Gasteiger partial charge in [0.05, 0.1) is 7.11 Å². The summed E-state index contributed by atoms with van der Waals surface area (Å²) in [7, 11) is 5.43. The van der Waals surface area contributed by atoms with Crippen molar-refractivity contribution in [3.8, 4) is 0 Å². The number of ether oxygens (including phenoxy) is 1. The molecule has 3 aromatic rings. The molecule has 2 aliphatic rings. The van der Waals surface area contributed by atoms with Crippen molar-refractivity contribution in [3.63, 3.8) is 0 Å². The number of fused-ring (bicyclic) bond motifs is 3. The van der Waals surface area contributed by atoms with Gasteiger partial charge in [0, 0.05) is 49.1 Å². The van der Waals surface area contributed by atoms with Crippen molar-refractivity contribution < 1.29 is 14.3 Å². The first-order valence-electron chi connectivity index (χ1n) is 11.6. The number of rotatable bonds is 3. The van der Waals surface area contributed by atoms with Crippen LogP contribution in [0, 0.1) is 11.3 Å². The highest BCUT2D eigenvalue weighted by Gasteiger charge is 2.50. The highest BCUT2D eigenvalue weighted by atomic mass is 16.5. The maximum absolute atomic E-state index is 13.7. The lowest BCUT2D eigenvalue weighted by Gasteiger charge is -2.44. The number of nitrogens with one attached hydrogen (secondary N) is 1. The van der Waals surface area contributed by atoms with Crippen molar-refractivity contribution in [2.24, 2.45) is 11.3 Å². The Morgan fingerprint density at radius 1 is 1.03 bits per heavy atom. The smallest absolute Gasteiger partial charge is 0.315 e. The van der Waals surface area contributed by atoms with E-state index in [4.69, 9.17) is 4.74 Å². The van der Waals surface area contributed by atoms with Gasteiger partial charge in [-0.2, -0.15) is 0 Å². The zero-order chi connectivity index (χ0) is 24.2. The summed E-state index contributed by atoms with van der Waals surface area (Å²) in [6.45, 7) is 3.93. The minimum absolute atomic E-state index is 0.0768. The highest BCUT2D eigenvalue weighted by Crippen LogP contribution is 2.53. The van der Waals surface area contributed by atoms with E-state index < -0.39 is 11.3 Å². The summed E-state index contributed by atoms with van der Waals surface area (Å²) in [6, 6.07) is 20.8. The van der Waals surface area contributed by atoms with Crippen LogP contribution < -0.4 is 10.2 Å². The van der Waals surface area contributed by atoms with Gasteiger partial charge in [-0.3, -0.25) is 9.59 Å². The molecule has 0 spiro atoms. The predicted molar refractivity (Wildman–Crippen MR) is 136 cm³/mol. The number of carbonyl (C=O) groups is 2. The molecule has 1 heterocycles. The molecule has 0 unspecified atom stereocenters. The second-order valence-electron chi connectivity index (χ2n) is 10.2. The van der Waals surface area contributed by atoms with Crippen LogP contribution in [0.3, 0.4) is 0 Å². The summed E-state index contributed by atoms with van der Waals surface area (Å²) in [6.07, 6.45) is 0.291. The maximum Gasteiger partial charge on any atom is 0.315 e. The van der Waals surface area contributed by atoms with E-state index in [0.717, 1.165) is 33.3 Å². The SMILES string of the molecule is COC(=O)[C@H]1C2=C(C(=O)CC1(C)C)[C@@H](c1ccc(N(C)C)cc1)c1c(ccc3ccccc13)N2. The molecule has 1 aliphatic carbocycles. The van der Waals surface area contributed by atoms with Gasteiger partial charge in [0.2, 0.25) is 0 Å². The second-order valence-corrected chi connectivity index (χ2v) is 10.2. The highest BCUT2D eigenvalue weighted by molar-refractivity contribution is 6.06. The Bertz CT molecular complexity index is 1340. The Hall–Kier alpha value is -3.60. The topological polar surface area (TPSA) is 58.6 Å². The Morgan fingerprint density at radius 3 is 2.41 bits per heavy atom. The van der Waals surface area contributed by atoms with E-state index in [2.05, 4.69) is 58.7 Å². The fraction of sp³-hybridized carbons (Fsp3) is 0.310. The zero-order valence-corrected chi connectivity index (χ0v) is 20.3. The number of methoxy groups -OCH3 is 1. The molecule has 3 aromatic carbocycles. The maximum atomic E-state index is 13.7. The number of ketones is 1. The van der Waals surface area contributed by atoms with Crippen LogP contribution in [0.15, 0.2) is 71.9 Å². The molecule has 34 heavy (non-hydrogen) atoms. The van der Waals surface area contributed by atoms with Gasteiger partial charge in [-0.05, 0) is 45.5 Å². The Morgan fingerprint density at radius 2 is 1.74 bits per heavy atom. The number of esters is 1. The van der Waals surface area contributed by atoms with Gasteiger partial charge in [0.15, 0.2) is 5.78 Å². The molecule has 1 aliphatic heterocycles. The van der Waals surface area contributed by atoms with Gasteiger partial charge >= 0.3 is 5.97 Å². The largest absolute Gasteiger partial charge is 0.468 e. The summed E-state index contributed by atoms with van der Waals surface area (Å²) in [5, 5.41) is 5.75. The molecule has 1 N–H and O–H groups in total. The van der Waals surface area contributed by atoms with Crippen molar-refractivity contribution in [3.05, 3.63) is 83.1 Å². The summed E-state index contributed by atoms with van der Waals surface area (Å²) < 4.78 is 5.22. The molecule has 2 atom stereocenters. The fourth-order valence-electron chi connectivity index (χ4n) is 5.62. The van der Waals surface area contributed by atoms with Crippen molar-refractivity contribution >= 4 is 33.9 Å². The molecule has 0 aromatic heterocycles. The van der Waals surface area contributed by atoms with Crippen LogP contribution >= 0.6 is 0 Å². The number of carbonyl (C=O) groups excluding carboxylic acids is 2. The third kappa shape index (κ3) is 3.38. The number of benzene rings is 3. The van der Waals surface area contributed by atoms with Gasteiger partial charge in [0.25, 0.3) is 0 Å². The molecule has 5 nitrogen and oxygen atoms in total. The molecule has 0 amide bonds. The van der Waals surface area contributed by atoms with E-state index in [1.165, 1.54) is 7.11 Å². The predicted octanol–water partition coefficient (Wildman–Crippen LogP) is 5.51. The number of hydrogen-bond donors (Lipinski definition) is 1. The van der Waals surface area contributed by atoms with Gasteiger partial charge in [-0.25, -0.2) is 0 Å². The first-order valence-corrected chi connectivity index (χ1v) is 11.6. The van der Waals surface area contributed by atoms with Crippen molar-refractivity contribution in [2.75, 3.05) is 31.4 Å². The molecule has 0 fully saturated rings. The summed E-state index contributed by atoms with van der Waals surface area (Å²) in [5.41, 5.74) is 4.94. The molecule has 0 saturated carbocycles. The normalized spacial score (nSPS) is 20.9. The van der Waals surface area contributed by atoms with Crippen LogP contribution in [0.4, 0.5) is 11.4 Å². The van der Waals surface area contributed by atoms with E-state index in [1.54, 1.807) is 0 Å². The first kappa shape index (κ1) is 22.2. The van der Waals surface area contributed by atoms with Crippen LogP contribution in [-0.4, -0.2) is 33.0 Å². The quantitative estimate of drug-likeness (QED) is 0.529. The minimum atomic E-state index is -0.552. The van der Waals surface area contributed by atoms with Crippen LogP contribution in [0.2, 0.25) is 0 Å². The number of allylic oxidation sites excluding steroid dienone is 1. The van der Waals surface area contributed by atoms with Gasteiger partial charge < -0.3 is 15.0 Å². The summed E-state index contributed by atoms with van der Waals surface area (Å²) in [5.74, 6) is -1.06. The van der Waals surface area contributed by atoms with Crippen LogP contribution in [0.5, 0.6) is 0 Å². The van der Waals surface area contributed by atoms with E-state index in [-0.39, 0.29) is 17.7 Å². The Labute approximate surface area is 200 Å². The molecule has 5 rings (SSSR count). The zero-order valence-electron chi connectivity index (χ0n) is 20.3. The average molecular weight is 455 g/mol. The van der Waals surface area contributed by atoms with Gasteiger partial charge in [-0.15, -0.1) is 0 Å². The van der Waals surface area contributed by atoms with Crippen molar-refractivity contribution in [2.45, 2.75) is 26.2 Å². The molecular formula is C29H30N2O3. The summed E-state index contributed by atoms with van der Waals surface area (Å²) in [4.78, 5) is 28.8. The number of anilines is 2.